The fraction of sp³-hybridized carbons (Fsp3) is 0.111. The molecule has 0 saturated heterocycles. The predicted molar refractivity (Wildman–Crippen MR) is 54.2 cm³/mol. The van der Waals surface area contributed by atoms with Crippen LogP contribution < -0.4 is 0 Å². The van der Waals surface area contributed by atoms with E-state index in [1.165, 1.54) is 6.07 Å². The van der Waals surface area contributed by atoms with E-state index in [0.29, 0.717) is 10.9 Å². The third-order valence-electron chi connectivity index (χ3n) is 1.58. The van der Waals surface area contributed by atoms with Gasteiger partial charge < -0.3 is 0 Å². The zero-order valence-electron chi connectivity index (χ0n) is 6.58. The fourth-order valence-corrected chi connectivity index (χ4v) is 1.34. The molecule has 0 bridgehead atoms. The van der Waals surface area contributed by atoms with E-state index in [0.717, 1.165) is 6.07 Å². The largest absolute Gasteiger partial charge is 0.205 e. The monoisotopic (exact) mass is 266 g/mol. The summed E-state index contributed by atoms with van der Waals surface area (Å²) in [6.45, 7) is 3.61. The molecule has 1 rings (SSSR count). The molecule has 0 unspecified atom stereocenters. The Kier molecular flexibility index (Phi) is 3.45. The molecule has 0 spiro atoms. The summed E-state index contributed by atoms with van der Waals surface area (Å²) in [5.41, 5.74) is 0.766. The molecule has 4 heteroatoms. The van der Waals surface area contributed by atoms with Gasteiger partial charge in [0, 0.05) is 10.9 Å². The highest BCUT2D eigenvalue weighted by Gasteiger charge is 2.12. The van der Waals surface area contributed by atoms with Gasteiger partial charge in [-0.25, -0.2) is 8.78 Å². The number of hydrogen-bond donors (Lipinski definition) is 0. The van der Waals surface area contributed by atoms with Crippen LogP contribution in [-0.2, 0) is 0 Å². The van der Waals surface area contributed by atoms with Crippen molar-refractivity contribution in [1.29, 1.82) is 0 Å². The standard InChI is InChI=1S/C9H6BrClF2/c1-5(4-10)6-2-3-7(12)8(11)9(6)13/h2-3H,1,4H2. The van der Waals surface area contributed by atoms with Crippen LogP contribution in [0.3, 0.4) is 0 Å². The molecule has 0 atom stereocenters. The summed E-state index contributed by atoms with van der Waals surface area (Å²) in [5.74, 6) is -1.52. The number of allylic oxidation sites excluding steroid dienone is 1. The highest BCUT2D eigenvalue weighted by atomic mass is 79.9. The first-order chi connectivity index (χ1) is 6.07. The molecule has 0 saturated carbocycles. The third-order valence-corrected chi connectivity index (χ3v) is 2.60. The molecular weight excluding hydrogens is 261 g/mol. The Hall–Kier alpha value is -0.410. The van der Waals surface area contributed by atoms with E-state index in [-0.39, 0.29) is 5.56 Å². The van der Waals surface area contributed by atoms with Crippen LogP contribution >= 0.6 is 27.5 Å². The third kappa shape index (κ3) is 2.09. The van der Waals surface area contributed by atoms with Gasteiger partial charge in [0.2, 0.25) is 0 Å². The minimum atomic E-state index is -0.759. The van der Waals surface area contributed by atoms with Crippen LogP contribution in [0, 0.1) is 11.6 Å². The number of benzene rings is 1. The molecule has 0 amide bonds. The summed E-state index contributed by atoms with van der Waals surface area (Å²) in [4.78, 5) is 0. The van der Waals surface area contributed by atoms with Gasteiger partial charge in [-0.3, -0.25) is 0 Å². The van der Waals surface area contributed by atoms with Crippen LogP contribution in [0.2, 0.25) is 5.02 Å². The van der Waals surface area contributed by atoms with Crippen LogP contribution in [0.25, 0.3) is 5.57 Å². The smallest absolute Gasteiger partial charge is 0.152 e. The molecule has 13 heavy (non-hydrogen) atoms. The van der Waals surface area contributed by atoms with Crippen LogP contribution in [0.5, 0.6) is 0 Å². The van der Waals surface area contributed by atoms with Gasteiger partial charge >= 0.3 is 0 Å². The van der Waals surface area contributed by atoms with Gasteiger partial charge in [0.1, 0.15) is 10.8 Å². The highest BCUT2D eigenvalue weighted by molar-refractivity contribution is 9.09. The van der Waals surface area contributed by atoms with Gasteiger partial charge in [0.15, 0.2) is 5.82 Å². The predicted octanol–water partition coefficient (Wildman–Crippen LogP) is 4.03. The van der Waals surface area contributed by atoms with Gasteiger partial charge in [0.05, 0.1) is 0 Å². The first-order valence-electron chi connectivity index (χ1n) is 3.45. The molecule has 0 heterocycles. The van der Waals surface area contributed by atoms with Crippen LogP contribution in [0.4, 0.5) is 8.78 Å². The Morgan fingerprint density at radius 1 is 1.46 bits per heavy atom. The Labute approximate surface area is 88.3 Å². The first-order valence-corrected chi connectivity index (χ1v) is 4.95. The average Bonchev–Trinajstić information content (AvgIpc) is 2.13. The molecule has 0 radical (unpaired) electrons. The van der Waals surface area contributed by atoms with Crippen molar-refractivity contribution in [2.45, 2.75) is 0 Å². The van der Waals surface area contributed by atoms with Gasteiger partial charge in [0.25, 0.3) is 0 Å². The molecule has 0 nitrogen and oxygen atoms in total. The van der Waals surface area contributed by atoms with Crippen LogP contribution in [0.15, 0.2) is 18.7 Å². The van der Waals surface area contributed by atoms with Crippen molar-refractivity contribution in [1.82, 2.24) is 0 Å². The van der Waals surface area contributed by atoms with Gasteiger partial charge in [-0.1, -0.05) is 34.1 Å². The summed E-state index contributed by atoms with van der Waals surface area (Å²) in [5, 5.41) is -0.0640. The summed E-state index contributed by atoms with van der Waals surface area (Å²) >= 11 is 8.50. The second-order valence-electron chi connectivity index (χ2n) is 2.46. The van der Waals surface area contributed by atoms with Crippen molar-refractivity contribution in [3.05, 3.63) is 40.9 Å². The van der Waals surface area contributed by atoms with E-state index < -0.39 is 16.7 Å². The molecule has 0 aromatic heterocycles. The second kappa shape index (κ2) is 4.20. The van der Waals surface area contributed by atoms with Crippen molar-refractivity contribution < 1.29 is 8.78 Å². The molecular formula is C9H6BrClF2. The Morgan fingerprint density at radius 2 is 2.08 bits per heavy atom. The minimum Gasteiger partial charge on any atom is -0.205 e. The van der Waals surface area contributed by atoms with E-state index in [1.54, 1.807) is 0 Å². The quantitative estimate of drug-likeness (QED) is 0.561. The van der Waals surface area contributed by atoms with E-state index in [2.05, 4.69) is 22.5 Å². The molecule has 1 aromatic carbocycles. The maximum atomic E-state index is 13.2. The van der Waals surface area contributed by atoms with E-state index in [4.69, 9.17) is 11.6 Å². The van der Waals surface area contributed by atoms with Crippen LogP contribution in [-0.4, -0.2) is 5.33 Å². The number of alkyl halides is 1. The lowest BCUT2D eigenvalue weighted by Gasteiger charge is -2.05. The van der Waals surface area contributed by atoms with Crippen molar-refractivity contribution in [3.63, 3.8) is 0 Å². The molecule has 70 valence electrons. The topological polar surface area (TPSA) is 0 Å². The lowest BCUT2D eigenvalue weighted by Crippen LogP contribution is -1.93. The summed E-state index contributed by atoms with van der Waals surface area (Å²) < 4.78 is 26.0. The highest BCUT2D eigenvalue weighted by Crippen LogP contribution is 2.26. The second-order valence-corrected chi connectivity index (χ2v) is 3.40. The summed E-state index contributed by atoms with van der Waals surface area (Å²) in [6, 6.07) is 2.44. The van der Waals surface area contributed by atoms with Crippen molar-refractivity contribution in [2.24, 2.45) is 0 Å². The maximum absolute atomic E-state index is 13.2. The van der Waals surface area contributed by atoms with E-state index >= 15 is 0 Å². The normalized spacial score (nSPS) is 10.2. The van der Waals surface area contributed by atoms with Crippen molar-refractivity contribution in [2.75, 3.05) is 5.33 Å². The average molecular weight is 268 g/mol. The van der Waals surface area contributed by atoms with Crippen LogP contribution in [0.1, 0.15) is 5.56 Å². The van der Waals surface area contributed by atoms with Crippen molar-refractivity contribution >= 4 is 33.1 Å². The lowest BCUT2D eigenvalue weighted by molar-refractivity contribution is 0.582. The summed E-state index contributed by atoms with van der Waals surface area (Å²) in [6.07, 6.45) is 0. The number of halogens is 4. The first kappa shape index (κ1) is 10.7. The molecule has 0 N–H and O–H groups in total. The van der Waals surface area contributed by atoms with E-state index in [1.807, 2.05) is 0 Å². The molecule has 0 fully saturated rings. The minimum absolute atomic E-state index is 0.239. The Morgan fingerprint density at radius 3 is 2.62 bits per heavy atom. The van der Waals surface area contributed by atoms with E-state index in [9.17, 15) is 8.78 Å². The lowest BCUT2D eigenvalue weighted by atomic mass is 10.1. The Balaban J connectivity index is 3.26. The summed E-state index contributed by atoms with van der Waals surface area (Å²) in [7, 11) is 0. The molecule has 0 aliphatic heterocycles. The Bertz CT molecular complexity index is 350. The zero-order chi connectivity index (χ0) is 10.0. The fourth-order valence-electron chi connectivity index (χ4n) is 0.871. The molecule has 0 aliphatic carbocycles. The van der Waals surface area contributed by atoms with Gasteiger partial charge in [-0.05, 0) is 17.7 Å². The number of rotatable bonds is 2. The van der Waals surface area contributed by atoms with Gasteiger partial charge in [-0.15, -0.1) is 0 Å². The zero-order valence-corrected chi connectivity index (χ0v) is 8.92. The molecule has 0 aliphatic rings. The maximum Gasteiger partial charge on any atom is 0.152 e. The SMILES string of the molecule is C=C(CBr)c1ccc(F)c(Cl)c1F. The van der Waals surface area contributed by atoms with Gasteiger partial charge in [-0.2, -0.15) is 0 Å². The molecule has 1 aromatic rings. The van der Waals surface area contributed by atoms with Crippen molar-refractivity contribution in [3.8, 4) is 0 Å². The number of hydrogen-bond acceptors (Lipinski definition) is 0.